The summed E-state index contributed by atoms with van der Waals surface area (Å²) in [6.45, 7) is 0.729. The Kier molecular flexibility index (Phi) is 4.66. The van der Waals surface area contributed by atoms with E-state index in [1.807, 2.05) is 41.5 Å². The van der Waals surface area contributed by atoms with Gasteiger partial charge in [-0.2, -0.15) is 11.8 Å². The van der Waals surface area contributed by atoms with Crippen LogP contribution in [0.15, 0.2) is 30.3 Å². The molecule has 1 amide bonds. The van der Waals surface area contributed by atoms with Crippen LogP contribution in [-0.2, 0) is 4.79 Å². The first-order valence-electron chi connectivity index (χ1n) is 6.27. The van der Waals surface area contributed by atoms with E-state index in [-0.39, 0.29) is 23.8 Å². The lowest BCUT2D eigenvalue weighted by molar-refractivity contribution is -0.136. The lowest BCUT2D eigenvalue weighted by Gasteiger charge is -2.37. The van der Waals surface area contributed by atoms with E-state index in [0.717, 1.165) is 24.9 Å². The number of hydrogen-bond acceptors (Lipinski definition) is 3. The molecule has 1 aliphatic heterocycles. The molecule has 1 aromatic rings. The normalized spacial score (nSPS) is 22.0. The van der Waals surface area contributed by atoms with Gasteiger partial charge in [0.05, 0.1) is 17.9 Å². The van der Waals surface area contributed by atoms with E-state index < -0.39 is 0 Å². The molecule has 1 heterocycles. The molecular weight excluding hydrogens is 246 g/mol. The van der Waals surface area contributed by atoms with Crippen molar-refractivity contribution in [2.45, 2.75) is 24.1 Å². The maximum Gasteiger partial charge on any atom is 0.236 e. The first-order chi connectivity index (χ1) is 8.77. The van der Waals surface area contributed by atoms with Gasteiger partial charge in [0.2, 0.25) is 5.91 Å². The summed E-state index contributed by atoms with van der Waals surface area (Å²) in [6.07, 6.45) is 3.94. The second-order valence-corrected chi connectivity index (χ2v) is 5.55. The van der Waals surface area contributed by atoms with Crippen molar-refractivity contribution in [3.05, 3.63) is 35.9 Å². The minimum atomic E-state index is -0.200. The lowest BCUT2D eigenvalue weighted by atomic mass is 10.0. The van der Waals surface area contributed by atoms with E-state index in [1.54, 1.807) is 11.8 Å². The van der Waals surface area contributed by atoms with Gasteiger partial charge in [-0.3, -0.25) is 4.79 Å². The number of aliphatic hydroxyl groups excluding tert-OH is 1. The van der Waals surface area contributed by atoms with E-state index in [4.69, 9.17) is 0 Å². The van der Waals surface area contributed by atoms with Gasteiger partial charge in [0.1, 0.15) is 0 Å². The minimum absolute atomic E-state index is 0.0170. The number of aliphatic hydroxyl groups is 1. The molecule has 0 spiro atoms. The zero-order valence-electron chi connectivity index (χ0n) is 10.6. The van der Waals surface area contributed by atoms with Crippen molar-refractivity contribution >= 4 is 17.7 Å². The number of hydrogen-bond donors (Lipinski definition) is 1. The molecular formula is C14H19NO2S. The van der Waals surface area contributed by atoms with Crippen molar-refractivity contribution in [1.29, 1.82) is 0 Å². The Morgan fingerprint density at radius 3 is 2.78 bits per heavy atom. The van der Waals surface area contributed by atoms with Crippen LogP contribution in [0.3, 0.4) is 0 Å². The van der Waals surface area contributed by atoms with Crippen LogP contribution in [0.4, 0.5) is 0 Å². The number of carbonyl (C=O) groups excluding carboxylic acids is 1. The average Bonchev–Trinajstić information content (AvgIpc) is 2.43. The summed E-state index contributed by atoms with van der Waals surface area (Å²) in [4.78, 5) is 14.2. The highest BCUT2D eigenvalue weighted by atomic mass is 32.2. The molecule has 0 unspecified atom stereocenters. The van der Waals surface area contributed by atoms with E-state index >= 15 is 0 Å². The standard InChI is InChI=1S/C14H19NO2S/c1-18-13-8-5-9-15(14(13)17)12(10-16)11-6-3-2-4-7-11/h2-4,6-7,12-13,16H,5,8-10H2,1H3/t12-,13-/m0/s1. The van der Waals surface area contributed by atoms with Gasteiger partial charge in [-0.15, -0.1) is 0 Å². The highest BCUT2D eigenvalue weighted by molar-refractivity contribution is 7.99. The Morgan fingerprint density at radius 1 is 1.44 bits per heavy atom. The third-order valence-electron chi connectivity index (χ3n) is 3.44. The molecule has 2 atom stereocenters. The first-order valence-corrected chi connectivity index (χ1v) is 7.55. The molecule has 1 aliphatic rings. The highest BCUT2D eigenvalue weighted by Gasteiger charge is 2.32. The molecule has 1 fully saturated rings. The van der Waals surface area contributed by atoms with Gasteiger partial charge >= 0.3 is 0 Å². The molecule has 2 rings (SSSR count). The van der Waals surface area contributed by atoms with Crippen LogP contribution in [0.1, 0.15) is 24.4 Å². The highest BCUT2D eigenvalue weighted by Crippen LogP contribution is 2.29. The molecule has 1 N–H and O–H groups in total. The van der Waals surface area contributed by atoms with Crippen LogP contribution < -0.4 is 0 Å². The number of carbonyl (C=O) groups is 1. The second kappa shape index (κ2) is 6.25. The van der Waals surface area contributed by atoms with E-state index in [2.05, 4.69) is 0 Å². The molecule has 0 saturated carbocycles. The largest absolute Gasteiger partial charge is 0.394 e. The smallest absolute Gasteiger partial charge is 0.236 e. The molecule has 1 saturated heterocycles. The average molecular weight is 265 g/mol. The van der Waals surface area contributed by atoms with Gasteiger partial charge in [-0.1, -0.05) is 30.3 Å². The molecule has 0 radical (unpaired) electrons. The van der Waals surface area contributed by atoms with E-state index in [1.165, 1.54) is 0 Å². The number of benzene rings is 1. The molecule has 0 aromatic heterocycles. The summed E-state index contributed by atoms with van der Waals surface area (Å²) in [5, 5.41) is 9.66. The fraction of sp³-hybridized carbons (Fsp3) is 0.500. The number of amides is 1. The molecule has 18 heavy (non-hydrogen) atoms. The predicted molar refractivity (Wildman–Crippen MR) is 74.5 cm³/mol. The van der Waals surface area contributed by atoms with Crippen LogP contribution >= 0.6 is 11.8 Å². The van der Waals surface area contributed by atoms with Crippen molar-refractivity contribution in [3.8, 4) is 0 Å². The lowest BCUT2D eigenvalue weighted by Crippen LogP contribution is -2.45. The summed E-state index contributed by atoms with van der Waals surface area (Å²) in [5.74, 6) is 0.164. The summed E-state index contributed by atoms with van der Waals surface area (Å²) >= 11 is 1.61. The topological polar surface area (TPSA) is 40.5 Å². The van der Waals surface area contributed by atoms with Crippen molar-refractivity contribution in [1.82, 2.24) is 4.90 Å². The fourth-order valence-corrected chi connectivity index (χ4v) is 3.19. The number of likely N-dealkylation sites (tertiary alicyclic amines) is 1. The molecule has 0 bridgehead atoms. The van der Waals surface area contributed by atoms with Crippen LogP contribution in [0, 0.1) is 0 Å². The van der Waals surface area contributed by atoms with Crippen LogP contribution in [-0.4, -0.2) is 40.6 Å². The van der Waals surface area contributed by atoms with Gasteiger partial charge < -0.3 is 10.0 Å². The zero-order valence-corrected chi connectivity index (χ0v) is 11.4. The maximum atomic E-state index is 12.3. The van der Waals surface area contributed by atoms with Crippen molar-refractivity contribution in [3.63, 3.8) is 0 Å². The Morgan fingerprint density at radius 2 is 2.17 bits per heavy atom. The van der Waals surface area contributed by atoms with Crippen molar-refractivity contribution in [2.75, 3.05) is 19.4 Å². The fourth-order valence-electron chi connectivity index (χ4n) is 2.45. The minimum Gasteiger partial charge on any atom is -0.394 e. The van der Waals surface area contributed by atoms with Gasteiger partial charge in [-0.05, 0) is 24.7 Å². The van der Waals surface area contributed by atoms with Crippen LogP contribution in [0.5, 0.6) is 0 Å². The van der Waals surface area contributed by atoms with E-state index in [0.29, 0.717) is 0 Å². The number of rotatable bonds is 4. The van der Waals surface area contributed by atoms with Crippen molar-refractivity contribution in [2.24, 2.45) is 0 Å². The summed E-state index contributed by atoms with van der Waals surface area (Å²) in [7, 11) is 0. The third kappa shape index (κ3) is 2.70. The number of thioether (sulfide) groups is 1. The summed E-state index contributed by atoms with van der Waals surface area (Å²) < 4.78 is 0. The van der Waals surface area contributed by atoms with Crippen molar-refractivity contribution < 1.29 is 9.90 Å². The van der Waals surface area contributed by atoms with E-state index in [9.17, 15) is 9.90 Å². The van der Waals surface area contributed by atoms with Crippen LogP contribution in [0.2, 0.25) is 0 Å². The number of piperidine rings is 1. The Bertz CT molecular complexity index is 396. The van der Waals surface area contributed by atoms with Crippen LogP contribution in [0.25, 0.3) is 0 Å². The second-order valence-electron chi connectivity index (χ2n) is 4.51. The predicted octanol–water partition coefficient (Wildman–Crippen LogP) is 2.07. The van der Waals surface area contributed by atoms with Gasteiger partial charge in [-0.25, -0.2) is 0 Å². The monoisotopic (exact) mass is 265 g/mol. The number of nitrogens with zero attached hydrogens (tertiary/aromatic N) is 1. The molecule has 3 nitrogen and oxygen atoms in total. The first kappa shape index (κ1) is 13.4. The Balaban J connectivity index is 2.20. The molecule has 4 heteroatoms. The SMILES string of the molecule is CS[C@H]1CCCN([C@@H](CO)c2ccccc2)C1=O. The Hall–Kier alpha value is -1.00. The zero-order chi connectivity index (χ0) is 13.0. The van der Waals surface area contributed by atoms with Gasteiger partial charge in [0.15, 0.2) is 0 Å². The maximum absolute atomic E-state index is 12.3. The summed E-state index contributed by atoms with van der Waals surface area (Å²) in [5.41, 5.74) is 1.01. The van der Waals surface area contributed by atoms with Gasteiger partial charge in [0.25, 0.3) is 0 Å². The summed E-state index contributed by atoms with van der Waals surface area (Å²) in [6, 6.07) is 9.57. The van der Waals surface area contributed by atoms with Gasteiger partial charge in [0, 0.05) is 6.54 Å². The third-order valence-corrected chi connectivity index (χ3v) is 4.45. The quantitative estimate of drug-likeness (QED) is 0.906. The molecule has 0 aliphatic carbocycles. The molecule has 1 aromatic carbocycles. The molecule has 98 valence electrons. The Labute approximate surface area is 112 Å².